The van der Waals surface area contributed by atoms with Crippen molar-refractivity contribution in [3.8, 4) is 11.3 Å². The Kier molecular flexibility index (Phi) is 6.34. The number of piperidine rings is 1. The standard InChI is InChI=1S/C25H26ClN5O3/c26-20-5-2-1-4-19(20)21-8-9-25(34)31(28-21)16-23(32)27-10-11-29-13-17-12-18(15-29)22-6-3-7-24(33)30(22)14-17/h1-9,17-18H,10-16H2,(H,27,32)/t17-,18+/m1/s1. The molecule has 3 aromatic rings. The summed E-state index contributed by atoms with van der Waals surface area (Å²) in [5.41, 5.74) is 2.09. The third kappa shape index (κ3) is 4.69. The van der Waals surface area contributed by atoms with E-state index < -0.39 is 0 Å². The molecule has 1 N–H and O–H groups in total. The number of carbonyl (C=O) groups is 1. The van der Waals surface area contributed by atoms with E-state index in [4.69, 9.17) is 11.6 Å². The predicted molar refractivity (Wildman–Crippen MR) is 130 cm³/mol. The van der Waals surface area contributed by atoms with Gasteiger partial charge in [-0.2, -0.15) is 5.10 Å². The van der Waals surface area contributed by atoms with Gasteiger partial charge in [-0.15, -0.1) is 0 Å². The van der Waals surface area contributed by atoms with E-state index in [0.29, 0.717) is 34.7 Å². The number of nitrogens with zero attached hydrogens (tertiary/aromatic N) is 4. The Balaban J connectivity index is 1.17. The van der Waals surface area contributed by atoms with Gasteiger partial charge in [0, 0.05) is 62.0 Å². The minimum atomic E-state index is -0.344. The van der Waals surface area contributed by atoms with Crippen LogP contribution in [0.3, 0.4) is 0 Å². The zero-order chi connectivity index (χ0) is 23.7. The van der Waals surface area contributed by atoms with Crippen LogP contribution in [0.5, 0.6) is 0 Å². The molecule has 1 fully saturated rings. The van der Waals surface area contributed by atoms with Gasteiger partial charge in [0.05, 0.1) is 10.7 Å². The van der Waals surface area contributed by atoms with E-state index in [1.165, 1.54) is 6.07 Å². The van der Waals surface area contributed by atoms with Crippen molar-refractivity contribution in [2.24, 2.45) is 5.92 Å². The first-order valence-electron chi connectivity index (χ1n) is 11.5. The van der Waals surface area contributed by atoms with Crippen LogP contribution in [0.15, 0.2) is 64.2 Å². The lowest BCUT2D eigenvalue weighted by Gasteiger charge is -2.42. The summed E-state index contributed by atoms with van der Waals surface area (Å²) in [5, 5.41) is 7.77. The molecule has 0 aliphatic carbocycles. The van der Waals surface area contributed by atoms with Crippen molar-refractivity contribution < 1.29 is 4.79 Å². The van der Waals surface area contributed by atoms with E-state index in [1.807, 2.05) is 28.8 Å². The molecule has 0 saturated carbocycles. The molecular weight excluding hydrogens is 454 g/mol. The molecule has 0 radical (unpaired) electrons. The summed E-state index contributed by atoms with van der Waals surface area (Å²) in [6.07, 6.45) is 1.10. The first-order valence-corrected chi connectivity index (χ1v) is 11.9. The van der Waals surface area contributed by atoms with Crippen molar-refractivity contribution in [2.75, 3.05) is 26.2 Å². The summed E-state index contributed by atoms with van der Waals surface area (Å²) < 4.78 is 3.08. The van der Waals surface area contributed by atoms with Crippen LogP contribution in [-0.4, -0.2) is 51.3 Å². The number of fused-ring (bicyclic) bond motifs is 4. The van der Waals surface area contributed by atoms with Crippen LogP contribution in [0.2, 0.25) is 5.02 Å². The van der Waals surface area contributed by atoms with Crippen molar-refractivity contribution in [1.29, 1.82) is 0 Å². The number of halogens is 1. The van der Waals surface area contributed by atoms with Crippen molar-refractivity contribution in [3.63, 3.8) is 0 Å². The van der Waals surface area contributed by atoms with Crippen LogP contribution in [0, 0.1) is 5.92 Å². The number of rotatable bonds is 6. The van der Waals surface area contributed by atoms with E-state index in [2.05, 4.69) is 21.4 Å². The van der Waals surface area contributed by atoms with Gasteiger partial charge in [-0.05, 0) is 30.5 Å². The van der Waals surface area contributed by atoms with Gasteiger partial charge < -0.3 is 14.8 Å². The minimum Gasteiger partial charge on any atom is -0.353 e. The number of carbonyl (C=O) groups excluding carboxylic acids is 1. The number of hydrogen-bond donors (Lipinski definition) is 1. The average Bonchev–Trinajstić information content (AvgIpc) is 2.82. The molecule has 2 aliphatic heterocycles. The molecule has 0 spiro atoms. The Bertz CT molecular complexity index is 1330. The third-order valence-electron chi connectivity index (χ3n) is 6.62. The van der Waals surface area contributed by atoms with Gasteiger partial charge >= 0.3 is 0 Å². The number of pyridine rings is 1. The van der Waals surface area contributed by atoms with E-state index in [1.54, 1.807) is 18.2 Å². The maximum Gasteiger partial charge on any atom is 0.267 e. The Morgan fingerprint density at radius 1 is 1.00 bits per heavy atom. The van der Waals surface area contributed by atoms with E-state index >= 15 is 0 Å². The Labute approximate surface area is 201 Å². The zero-order valence-corrected chi connectivity index (χ0v) is 19.4. The number of likely N-dealkylation sites (tertiary alicyclic amines) is 1. The SMILES string of the molecule is O=C(Cn1nc(-c2ccccc2Cl)ccc1=O)NCCN1C[C@H]2C[C@@H](C1)c1cccc(=O)n1C2. The van der Waals surface area contributed by atoms with Crippen LogP contribution in [0.25, 0.3) is 11.3 Å². The summed E-state index contributed by atoms with van der Waals surface area (Å²) in [6, 6.07) is 15.8. The number of benzene rings is 1. The summed E-state index contributed by atoms with van der Waals surface area (Å²) in [4.78, 5) is 39.3. The zero-order valence-electron chi connectivity index (χ0n) is 18.7. The van der Waals surface area contributed by atoms with Crippen molar-refractivity contribution in [3.05, 3.63) is 86.0 Å². The van der Waals surface area contributed by atoms with Crippen LogP contribution < -0.4 is 16.4 Å². The largest absolute Gasteiger partial charge is 0.353 e. The van der Waals surface area contributed by atoms with Gasteiger partial charge in [0.2, 0.25) is 5.91 Å². The number of amides is 1. The van der Waals surface area contributed by atoms with Crippen LogP contribution in [0.4, 0.5) is 0 Å². The molecule has 176 valence electrons. The predicted octanol–water partition coefficient (Wildman–Crippen LogP) is 1.96. The van der Waals surface area contributed by atoms with Gasteiger partial charge in [-0.1, -0.05) is 35.9 Å². The smallest absolute Gasteiger partial charge is 0.267 e. The second kappa shape index (κ2) is 9.56. The fraction of sp³-hybridized carbons (Fsp3) is 0.360. The molecule has 2 bridgehead atoms. The van der Waals surface area contributed by atoms with Crippen molar-refractivity contribution in [2.45, 2.75) is 25.4 Å². The number of nitrogens with one attached hydrogen (secondary N) is 1. The summed E-state index contributed by atoms with van der Waals surface area (Å²) in [7, 11) is 0. The maximum atomic E-state index is 12.5. The van der Waals surface area contributed by atoms with Gasteiger partial charge in [0.25, 0.3) is 11.1 Å². The lowest BCUT2D eigenvalue weighted by Crippen LogP contribution is -2.49. The molecular formula is C25H26ClN5O3. The molecule has 2 aliphatic rings. The monoisotopic (exact) mass is 479 g/mol. The molecule has 8 nitrogen and oxygen atoms in total. The quantitative estimate of drug-likeness (QED) is 0.584. The highest BCUT2D eigenvalue weighted by Gasteiger charge is 2.34. The van der Waals surface area contributed by atoms with E-state index in [0.717, 1.165) is 43.0 Å². The van der Waals surface area contributed by atoms with Gasteiger partial charge in [-0.3, -0.25) is 14.4 Å². The maximum absolute atomic E-state index is 12.5. The van der Waals surface area contributed by atoms with E-state index in [-0.39, 0.29) is 23.6 Å². The fourth-order valence-corrected chi connectivity index (χ4v) is 5.33. The lowest BCUT2D eigenvalue weighted by atomic mass is 9.83. The molecule has 4 heterocycles. The molecule has 34 heavy (non-hydrogen) atoms. The van der Waals surface area contributed by atoms with Crippen molar-refractivity contribution in [1.82, 2.24) is 24.6 Å². The molecule has 1 amide bonds. The highest BCUT2D eigenvalue weighted by Crippen LogP contribution is 2.34. The molecule has 1 aromatic carbocycles. The molecule has 9 heteroatoms. The van der Waals surface area contributed by atoms with Crippen LogP contribution in [0.1, 0.15) is 18.0 Å². The van der Waals surface area contributed by atoms with Crippen molar-refractivity contribution >= 4 is 17.5 Å². The van der Waals surface area contributed by atoms with Gasteiger partial charge in [0.1, 0.15) is 6.54 Å². The van der Waals surface area contributed by atoms with E-state index in [9.17, 15) is 14.4 Å². The van der Waals surface area contributed by atoms with Crippen LogP contribution >= 0.6 is 11.6 Å². The lowest BCUT2D eigenvalue weighted by molar-refractivity contribution is -0.122. The summed E-state index contributed by atoms with van der Waals surface area (Å²) in [6.45, 7) is 3.59. The Hall–Kier alpha value is -3.23. The minimum absolute atomic E-state index is 0.0790. The third-order valence-corrected chi connectivity index (χ3v) is 6.94. The molecule has 0 unspecified atom stereocenters. The molecule has 5 rings (SSSR count). The summed E-state index contributed by atoms with van der Waals surface area (Å²) >= 11 is 6.24. The highest BCUT2D eigenvalue weighted by atomic mass is 35.5. The second-order valence-electron chi connectivity index (χ2n) is 9.00. The van der Waals surface area contributed by atoms with Gasteiger partial charge in [-0.25, -0.2) is 4.68 Å². The van der Waals surface area contributed by atoms with Crippen LogP contribution in [-0.2, 0) is 17.9 Å². The fourth-order valence-electron chi connectivity index (χ4n) is 5.10. The number of hydrogen-bond acceptors (Lipinski definition) is 5. The molecule has 1 saturated heterocycles. The Morgan fingerprint density at radius 3 is 2.71 bits per heavy atom. The topological polar surface area (TPSA) is 89.2 Å². The second-order valence-corrected chi connectivity index (χ2v) is 9.41. The first-order chi connectivity index (χ1) is 16.5. The summed E-state index contributed by atoms with van der Waals surface area (Å²) in [5.74, 6) is 0.518. The first kappa shape index (κ1) is 22.6. The molecule has 2 atom stereocenters. The highest BCUT2D eigenvalue weighted by molar-refractivity contribution is 6.33. The number of aromatic nitrogens is 3. The average molecular weight is 480 g/mol. The molecule has 2 aromatic heterocycles. The normalized spacial score (nSPS) is 19.4. The Morgan fingerprint density at radius 2 is 1.85 bits per heavy atom. The van der Waals surface area contributed by atoms with Gasteiger partial charge in [0.15, 0.2) is 0 Å².